The van der Waals surface area contributed by atoms with Crippen LogP contribution in [0.2, 0.25) is 6.04 Å². The Bertz CT molecular complexity index is 645. The van der Waals surface area contributed by atoms with E-state index in [1.165, 1.54) is 0 Å². The molecule has 0 aliphatic rings. The minimum absolute atomic E-state index is 0.0941. The summed E-state index contributed by atoms with van der Waals surface area (Å²) in [5, 5.41) is 5.16. The van der Waals surface area contributed by atoms with Crippen LogP contribution in [0.15, 0.2) is 12.7 Å². The fraction of sp³-hybridized carbons (Fsp3) is 0.783. The maximum absolute atomic E-state index is 11.7. The Morgan fingerprint density at radius 1 is 0.615 bits per heavy atom. The highest BCUT2D eigenvalue weighted by molar-refractivity contribution is 6.60. The molecule has 0 aliphatic carbocycles. The van der Waals surface area contributed by atoms with E-state index in [9.17, 15) is 14.4 Å². The normalized spacial score (nSPS) is 11.1. The van der Waals surface area contributed by atoms with Crippen molar-refractivity contribution in [3.8, 4) is 0 Å². The van der Waals surface area contributed by atoms with Crippen molar-refractivity contribution in [1.82, 2.24) is 10.6 Å². The van der Waals surface area contributed by atoms with Crippen LogP contribution in [-0.4, -0.2) is 134 Å². The van der Waals surface area contributed by atoms with Crippen LogP contribution in [0.5, 0.6) is 0 Å². The van der Waals surface area contributed by atoms with E-state index >= 15 is 0 Å². The predicted octanol–water partition coefficient (Wildman–Crippen LogP) is 0.503. The Morgan fingerprint density at radius 3 is 1.49 bits per heavy atom. The van der Waals surface area contributed by atoms with Crippen LogP contribution < -0.4 is 10.6 Å². The Morgan fingerprint density at radius 2 is 1.03 bits per heavy atom. The molecule has 0 bridgehead atoms. The third kappa shape index (κ3) is 22.2. The molecule has 0 rings (SSSR count). The minimum Gasteiger partial charge on any atom is -0.460 e. The molecule has 0 aromatic heterocycles. The molecule has 15 nitrogen and oxygen atoms in total. The summed E-state index contributed by atoms with van der Waals surface area (Å²) in [4.78, 5) is 34.0. The summed E-state index contributed by atoms with van der Waals surface area (Å²) in [6.07, 6.45) is 0.591. The molecule has 0 spiro atoms. The summed E-state index contributed by atoms with van der Waals surface area (Å²) in [7, 11) is 1.99. The molecule has 0 saturated carbocycles. The van der Waals surface area contributed by atoms with E-state index in [0.717, 1.165) is 6.08 Å². The van der Waals surface area contributed by atoms with Gasteiger partial charge in [-0.2, -0.15) is 0 Å². The Hall–Kier alpha value is -2.31. The lowest BCUT2D eigenvalue weighted by atomic mass is 10.5. The summed E-state index contributed by atoms with van der Waals surface area (Å²) in [5.41, 5.74) is 0. The van der Waals surface area contributed by atoms with Gasteiger partial charge in [0.2, 0.25) is 0 Å². The van der Waals surface area contributed by atoms with Gasteiger partial charge in [-0.05, 0) is 6.42 Å². The van der Waals surface area contributed by atoms with Crippen molar-refractivity contribution in [2.75, 3.05) is 107 Å². The molecule has 2 N–H and O–H groups in total. The largest absolute Gasteiger partial charge is 0.500 e. The number of alkyl carbamates (subject to hydrolysis) is 2. The average molecular weight is 585 g/mol. The lowest BCUT2D eigenvalue weighted by molar-refractivity contribution is -0.139. The Balaban J connectivity index is 3.38. The van der Waals surface area contributed by atoms with Gasteiger partial charge in [0.25, 0.3) is 0 Å². The van der Waals surface area contributed by atoms with Gasteiger partial charge in [-0.3, -0.25) is 0 Å². The number of rotatable bonds is 26. The number of carbonyl (C=O) groups excluding carboxylic acids is 3. The van der Waals surface area contributed by atoms with Gasteiger partial charge in [0.1, 0.15) is 19.8 Å². The first-order chi connectivity index (χ1) is 18.9. The van der Waals surface area contributed by atoms with Gasteiger partial charge in [-0.15, -0.1) is 0 Å². The smallest absolute Gasteiger partial charge is 0.460 e. The topological polar surface area (TPSA) is 168 Å². The Labute approximate surface area is 231 Å². The van der Waals surface area contributed by atoms with Crippen LogP contribution in [0.4, 0.5) is 9.59 Å². The van der Waals surface area contributed by atoms with Crippen LogP contribution in [0, 0.1) is 0 Å². The van der Waals surface area contributed by atoms with E-state index in [0.29, 0.717) is 45.4 Å². The van der Waals surface area contributed by atoms with E-state index in [4.69, 9.17) is 46.4 Å². The maximum Gasteiger partial charge on any atom is 0.500 e. The van der Waals surface area contributed by atoms with Gasteiger partial charge < -0.3 is 57.1 Å². The second-order valence-corrected chi connectivity index (χ2v) is 10.4. The van der Waals surface area contributed by atoms with Gasteiger partial charge >= 0.3 is 27.0 Å². The van der Waals surface area contributed by atoms with Crippen LogP contribution in [0.1, 0.15) is 6.42 Å². The molecule has 0 aromatic rings. The number of ether oxygens (including phenoxy) is 7. The summed E-state index contributed by atoms with van der Waals surface area (Å²) in [6, 6.07) is 0.577. The van der Waals surface area contributed by atoms with Gasteiger partial charge in [-0.1, -0.05) is 6.58 Å². The first-order valence-electron chi connectivity index (χ1n) is 12.5. The van der Waals surface area contributed by atoms with E-state index in [1.807, 2.05) is 0 Å². The first kappa shape index (κ1) is 36.7. The first-order valence-corrected chi connectivity index (χ1v) is 14.4. The number of nitrogens with one attached hydrogen (secondary N) is 2. The third-order valence-electron chi connectivity index (χ3n) is 4.68. The molecule has 2 amide bonds. The summed E-state index contributed by atoms with van der Waals surface area (Å²) < 4.78 is 51.8. The molecule has 0 radical (unpaired) electrons. The molecule has 39 heavy (non-hydrogen) atoms. The number of carbonyl (C=O) groups is 3. The molecule has 228 valence electrons. The van der Waals surface area contributed by atoms with Crippen LogP contribution in [0.3, 0.4) is 0 Å². The highest BCUT2D eigenvalue weighted by Gasteiger charge is 2.36. The van der Waals surface area contributed by atoms with Crippen molar-refractivity contribution >= 4 is 27.0 Å². The zero-order chi connectivity index (χ0) is 29.0. The quantitative estimate of drug-likeness (QED) is 0.0475. The van der Waals surface area contributed by atoms with Gasteiger partial charge in [0, 0.05) is 46.5 Å². The van der Waals surface area contributed by atoms with Crippen LogP contribution in [-0.2, 0) is 51.2 Å². The van der Waals surface area contributed by atoms with Crippen LogP contribution in [0.25, 0.3) is 0 Å². The number of amides is 2. The molecule has 0 aromatic carbocycles. The van der Waals surface area contributed by atoms with Crippen molar-refractivity contribution in [2.45, 2.75) is 12.5 Å². The number of hydrogen-bond acceptors (Lipinski definition) is 13. The lowest BCUT2D eigenvalue weighted by Gasteiger charge is -2.24. The second-order valence-electron chi connectivity index (χ2n) is 7.35. The zero-order valence-corrected chi connectivity index (χ0v) is 24.2. The fourth-order valence-corrected chi connectivity index (χ4v) is 4.39. The fourth-order valence-electron chi connectivity index (χ4n) is 2.67. The molecule has 0 aliphatic heterocycles. The monoisotopic (exact) mass is 584 g/mol. The third-order valence-corrected chi connectivity index (χ3v) is 7.51. The van der Waals surface area contributed by atoms with Crippen molar-refractivity contribution < 1.29 is 60.8 Å². The second kappa shape index (κ2) is 25.9. The number of esters is 1. The summed E-state index contributed by atoms with van der Waals surface area (Å²) >= 11 is 0. The van der Waals surface area contributed by atoms with Crippen molar-refractivity contribution in [3.63, 3.8) is 0 Å². The minimum atomic E-state index is -2.63. The molecular formula is C23H44N2O13Si. The SMILES string of the molecule is C=CC(=O)OCCOCCNC(=O)OCCOCCOCCOCCOC(=O)NCCC[Si](OC)(OC)OC. The molecule has 0 heterocycles. The van der Waals surface area contributed by atoms with Gasteiger partial charge in [-0.25, -0.2) is 14.4 Å². The van der Waals surface area contributed by atoms with E-state index in [2.05, 4.69) is 17.2 Å². The standard InChI is InChI=1S/C23H44N2O13Si/c1-5-21(26)36-17-14-32-9-8-25-23(28)38-19-16-35-13-11-33-10-12-34-15-18-37-22(27)24-7-6-20-39(29-2,30-3)31-4/h5H,1,6-20H2,2-4H3,(H,24,27)(H,25,28). The highest BCUT2D eigenvalue weighted by Crippen LogP contribution is 2.14. The van der Waals surface area contributed by atoms with Crippen molar-refractivity contribution in [3.05, 3.63) is 12.7 Å². The molecule has 16 heteroatoms. The lowest BCUT2D eigenvalue weighted by Crippen LogP contribution is -2.43. The molecule has 0 saturated heterocycles. The zero-order valence-electron chi connectivity index (χ0n) is 23.2. The molecule has 0 atom stereocenters. The number of hydrogen-bond donors (Lipinski definition) is 2. The van der Waals surface area contributed by atoms with Crippen LogP contribution >= 0.6 is 0 Å². The Kier molecular flexibility index (Phi) is 24.4. The van der Waals surface area contributed by atoms with Gasteiger partial charge in [0.05, 0.1) is 52.9 Å². The molecular weight excluding hydrogens is 540 g/mol. The maximum atomic E-state index is 11.7. The molecule has 0 fully saturated rings. The van der Waals surface area contributed by atoms with Crippen molar-refractivity contribution in [1.29, 1.82) is 0 Å². The summed E-state index contributed by atoms with van der Waals surface area (Å²) in [5.74, 6) is -0.515. The predicted molar refractivity (Wildman–Crippen MR) is 139 cm³/mol. The van der Waals surface area contributed by atoms with E-state index < -0.39 is 27.0 Å². The molecule has 0 unspecified atom stereocenters. The highest BCUT2D eigenvalue weighted by atomic mass is 28.4. The average Bonchev–Trinajstić information content (AvgIpc) is 2.95. The van der Waals surface area contributed by atoms with E-state index in [1.54, 1.807) is 21.3 Å². The summed E-state index contributed by atoms with van der Waals surface area (Å²) in [6.45, 7) is 6.61. The van der Waals surface area contributed by atoms with E-state index in [-0.39, 0.29) is 52.8 Å². The van der Waals surface area contributed by atoms with Gasteiger partial charge in [0.15, 0.2) is 0 Å². The van der Waals surface area contributed by atoms with Crippen molar-refractivity contribution in [2.24, 2.45) is 0 Å².